The maximum absolute atomic E-state index is 12.4. The molecule has 2 rings (SSSR count). The second-order valence-electron chi connectivity index (χ2n) is 8.40. The highest BCUT2D eigenvalue weighted by atomic mass is 35.5. The molecule has 158 valence electrons. The third-order valence-electron chi connectivity index (χ3n) is 5.27. The highest BCUT2D eigenvalue weighted by Gasteiger charge is 2.29. The second kappa shape index (κ2) is 10.4. The maximum Gasteiger partial charge on any atom is 0.410 e. The van der Waals surface area contributed by atoms with Gasteiger partial charge in [-0.3, -0.25) is 0 Å². The zero-order chi connectivity index (χ0) is 20.7. The SMILES string of the molecule is CCN(CC)CCN(c1ccc(Cl)cc1)C1CCN(C(=O)OC(C)(C)C)CC1. The van der Waals surface area contributed by atoms with Crippen LogP contribution in [-0.4, -0.2) is 66.8 Å². The molecule has 5 nitrogen and oxygen atoms in total. The first-order valence-corrected chi connectivity index (χ1v) is 10.8. The average Bonchev–Trinajstić information content (AvgIpc) is 2.65. The molecule has 1 saturated heterocycles. The second-order valence-corrected chi connectivity index (χ2v) is 8.83. The molecule has 1 amide bonds. The summed E-state index contributed by atoms with van der Waals surface area (Å²) in [6, 6.07) is 8.53. The molecule has 1 aromatic rings. The third-order valence-corrected chi connectivity index (χ3v) is 5.52. The smallest absolute Gasteiger partial charge is 0.410 e. The molecule has 0 atom stereocenters. The van der Waals surface area contributed by atoms with Crippen LogP contribution in [0.3, 0.4) is 0 Å². The van der Waals surface area contributed by atoms with Crippen molar-refractivity contribution in [2.24, 2.45) is 0 Å². The lowest BCUT2D eigenvalue weighted by Crippen LogP contribution is -2.49. The van der Waals surface area contributed by atoms with Crippen molar-refractivity contribution in [1.82, 2.24) is 9.80 Å². The van der Waals surface area contributed by atoms with Crippen molar-refractivity contribution in [2.45, 2.75) is 59.1 Å². The number of piperidine rings is 1. The number of nitrogens with zero attached hydrogens (tertiary/aromatic N) is 3. The first kappa shape index (κ1) is 22.8. The van der Waals surface area contributed by atoms with Crippen LogP contribution in [0.1, 0.15) is 47.5 Å². The van der Waals surface area contributed by atoms with Gasteiger partial charge in [0.15, 0.2) is 0 Å². The van der Waals surface area contributed by atoms with Crippen LogP contribution in [0.2, 0.25) is 5.02 Å². The van der Waals surface area contributed by atoms with Crippen molar-refractivity contribution >= 4 is 23.4 Å². The van der Waals surface area contributed by atoms with E-state index in [9.17, 15) is 4.79 Å². The normalized spacial score (nSPS) is 15.8. The van der Waals surface area contributed by atoms with Crippen LogP contribution in [0.5, 0.6) is 0 Å². The number of likely N-dealkylation sites (tertiary alicyclic amines) is 1. The Balaban J connectivity index is 2.03. The van der Waals surface area contributed by atoms with E-state index >= 15 is 0 Å². The fourth-order valence-corrected chi connectivity index (χ4v) is 3.76. The van der Waals surface area contributed by atoms with Gasteiger partial charge in [0.2, 0.25) is 0 Å². The number of rotatable bonds is 7. The number of benzene rings is 1. The van der Waals surface area contributed by atoms with Crippen molar-refractivity contribution < 1.29 is 9.53 Å². The molecular weight excluding hydrogens is 374 g/mol. The van der Waals surface area contributed by atoms with Crippen molar-refractivity contribution in [3.8, 4) is 0 Å². The van der Waals surface area contributed by atoms with Crippen LogP contribution in [0.4, 0.5) is 10.5 Å². The number of carbonyl (C=O) groups excluding carboxylic acids is 1. The number of anilines is 1. The summed E-state index contributed by atoms with van der Waals surface area (Å²) >= 11 is 6.10. The maximum atomic E-state index is 12.4. The first-order chi connectivity index (χ1) is 13.2. The Morgan fingerprint density at radius 3 is 2.18 bits per heavy atom. The van der Waals surface area contributed by atoms with E-state index in [1.807, 2.05) is 37.8 Å². The van der Waals surface area contributed by atoms with E-state index in [1.54, 1.807) is 0 Å². The molecule has 0 unspecified atom stereocenters. The molecule has 0 bridgehead atoms. The highest BCUT2D eigenvalue weighted by molar-refractivity contribution is 6.30. The number of carbonyl (C=O) groups is 1. The minimum absolute atomic E-state index is 0.202. The Morgan fingerprint density at radius 1 is 1.11 bits per heavy atom. The van der Waals surface area contributed by atoms with E-state index < -0.39 is 5.60 Å². The minimum atomic E-state index is -0.451. The van der Waals surface area contributed by atoms with E-state index in [0.29, 0.717) is 6.04 Å². The van der Waals surface area contributed by atoms with Crippen LogP contribution in [0.25, 0.3) is 0 Å². The van der Waals surface area contributed by atoms with Crippen LogP contribution in [-0.2, 0) is 4.74 Å². The number of amides is 1. The summed E-state index contributed by atoms with van der Waals surface area (Å²) in [7, 11) is 0. The molecule has 1 fully saturated rings. The Kier molecular flexibility index (Phi) is 8.44. The highest BCUT2D eigenvalue weighted by Crippen LogP contribution is 2.26. The van der Waals surface area contributed by atoms with Gasteiger partial charge in [0, 0.05) is 42.9 Å². The lowest BCUT2D eigenvalue weighted by atomic mass is 10.0. The van der Waals surface area contributed by atoms with Gasteiger partial charge in [-0.05, 0) is 71.0 Å². The zero-order valence-electron chi connectivity index (χ0n) is 18.1. The number of hydrogen-bond acceptors (Lipinski definition) is 4. The van der Waals surface area contributed by atoms with Crippen LogP contribution in [0.15, 0.2) is 24.3 Å². The summed E-state index contributed by atoms with van der Waals surface area (Å²) in [5.41, 5.74) is 0.750. The van der Waals surface area contributed by atoms with Crippen molar-refractivity contribution in [3.63, 3.8) is 0 Å². The molecule has 0 saturated carbocycles. The molecule has 0 spiro atoms. The molecule has 0 N–H and O–H groups in total. The largest absolute Gasteiger partial charge is 0.444 e. The van der Waals surface area contributed by atoms with Crippen LogP contribution in [0, 0.1) is 0 Å². The Hall–Kier alpha value is -1.46. The fraction of sp³-hybridized carbons (Fsp3) is 0.682. The van der Waals surface area contributed by atoms with Gasteiger partial charge < -0.3 is 19.4 Å². The molecule has 1 aromatic carbocycles. The molecule has 1 aliphatic heterocycles. The number of likely N-dealkylation sites (N-methyl/N-ethyl adjacent to an activating group) is 1. The molecule has 0 aliphatic carbocycles. The minimum Gasteiger partial charge on any atom is -0.444 e. The summed E-state index contributed by atoms with van der Waals surface area (Å²) in [6.07, 6.45) is 1.69. The van der Waals surface area contributed by atoms with Gasteiger partial charge >= 0.3 is 6.09 Å². The third kappa shape index (κ3) is 6.85. The number of hydrogen-bond donors (Lipinski definition) is 0. The first-order valence-electron chi connectivity index (χ1n) is 10.5. The van der Waals surface area contributed by atoms with Gasteiger partial charge in [0.05, 0.1) is 0 Å². The van der Waals surface area contributed by atoms with Crippen molar-refractivity contribution in [3.05, 3.63) is 29.3 Å². The topological polar surface area (TPSA) is 36.0 Å². The molecule has 6 heteroatoms. The van der Waals surface area contributed by atoms with E-state index in [4.69, 9.17) is 16.3 Å². The predicted octanol–water partition coefficient (Wildman–Crippen LogP) is 4.89. The predicted molar refractivity (Wildman–Crippen MR) is 117 cm³/mol. The molecule has 1 aliphatic rings. The monoisotopic (exact) mass is 409 g/mol. The number of ether oxygens (including phenoxy) is 1. The lowest BCUT2D eigenvalue weighted by Gasteiger charge is -2.40. The Labute approximate surface area is 175 Å². The summed E-state index contributed by atoms with van der Waals surface area (Å²) < 4.78 is 5.53. The molecule has 0 aromatic heterocycles. The number of halogens is 1. The van der Waals surface area contributed by atoms with Crippen LogP contribution < -0.4 is 4.90 Å². The molecular formula is C22H36ClN3O2. The molecule has 1 heterocycles. The quantitative estimate of drug-likeness (QED) is 0.642. The summed E-state index contributed by atoms with van der Waals surface area (Å²) in [5.74, 6) is 0. The standard InChI is InChI=1S/C22H36ClN3O2/c1-6-24(7-2)16-17-26(19-10-8-18(23)9-11-19)20-12-14-25(15-13-20)21(27)28-22(3,4)5/h8-11,20H,6-7,12-17H2,1-5H3. The Bertz CT molecular complexity index is 603. The van der Waals surface area contributed by atoms with Gasteiger partial charge in [-0.25, -0.2) is 4.79 Å². The van der Waals surface area contributed by atoms with Crippen molar-refractivity contribution in [1.29, 1.82) is 0 Å². The summed E-state index contributed by atoms with van der Waals surface area (Å²) in [4.78, 5) is 19.1. The average molecular weight is 410 g/mol. The van der Waals surface area contributed by atoms with E-state index in [-0.39, 0.29) is 6.09 Å². The van der Waals surface area contributed by atoms with Gasteiger partial charge in [-0.1, -0.05) is 25.4 Å². The van der Waals surface area contributed by atoms with E-state index in [2.05, 4.69) is 35.8 Å². The fourth-order valence-electron chi connectivity index (χ4n) is 3.63. The van der Waals surface area contributed by atoms with Crippen molar-refractivity contribution in [2.75, 3.05) is 44.2 Å². The summed E-state index contributed by atoms with van der Waals surface area (Å²) in [6.45, 7) is 15.7. The van der Waals surface area contributed by atoms with E-state index in [0.717, 1.165) is 57.1 Å². The van der Waals surface area contributed by atoms with Gasteiger partial charge in [0.25, 0.3) is 0 Å². The molecule has 28 heavy (non-hydrogen) atoms. The van der Waals surface area contributed by atoms with Gasteiger partial charge in [-0.2, -0.15) is 0 Å². The lowest BCUT2D eigenvalue weighted by molar-refractivity contribution is 0.0204. The van der Waals surface area contributed by atoms with E-state index in [1.165, 1.54) is 5.69 Å². The zero-order valence-corrected chi connectivity index (χ0v) is 18.8. The van der Waals surface area contributed by atoms with Gasteiger partial charge in [0.1, 0.15) is 5.60 Å². The summed E-state index contributed by atoms with van der Waals surface area (Å²) in [5, 5.41) is 0.757. The van der Waals surface area contributed by atoms with Gasteiger partial charge in [-0.15, -0.1) is 0 Å². The molecule has 0 radical (unpaired) electrons. The van der Waals surface area contributed by atoms with Crippen LogP contribution >= 0.6 is 11.6 Å². The Morgan fingerprint density at radius 2 is 1.68 bits per heavy atom.